The van der Waals surface area contributed by atoms with Crippen molar-refractivity contribution in [2.45, 2.75) is 6.04 Å². The van der Waals surface area contributed by atoms with Crippen molar-refractivity contribution in [1.82, 2.24) is 9.78 Å². The number of nitrogens with zero attached hydrogens (tertiary/aromatic N) is 2. The highest BCUT2D eigenvalue weighted by atomic mass is 15.3. The van der Waals surface area contributed by atoms with E-state index in [1.165, 1.54) is 11.1 Å². The summed E-state index contributed by atoms with van der Waals surface area (Å²) in [6, 6.07) is 22.8. The minimum atomic E-state index is 0.117. The number of benzene rings is 2. The molecule has 0 radical (unpaired) electrons. The minimum Gasteiger partial charge on any atom is -0.261 e. The highest BCUT2D eigenvalue weighted by molar-refractivity contribution is 5.50. The standard InChI is InChI=1S/C18H16N2/c1-3-8-16(9-4-1)12-13-18(20-15-7-14-19-20)17-10-5-2-6-11-17/h1-15,18H/b13-12+. The monoisotopic (exact) mass is 260 g/mol. The molecule has 0 spiro atoms. The fourth-order valence-corrected chi connectivity index (χ4v) is 2.21. The van der Waals surface area contributed by atoms with Crippen LogP contribution in [0, 0.1) is 0 Å². The third-order valence-corrected chi connectivity index (χ3v) is 3.22. The Bertz CT molecular complexity index is 655. The molecule has 2 heteroatoms. The maximum Gasteiger partial charge on any atom is 0.0952 e. The van der Waals surface area contributed by atoms with Crippen LogP contribution in [0.1, 0.15) is 17.2 Å². The maximum atomic E-state index is 4.37. The van der Waals surface area contributed by atoms with Crippen LogP contribution in [-0.4, -0.2) is 9.78 Å². The predicted molar refractivity (Wildman–Crippen MR) is 82.3 cm³/mol. The second-order valence-electron chi connectivity index (χ2n) is 4.61. The molecule has 0 aliphatic carbocycles. The van der Waals surface area contributed by atoms with Gasteiger partial charge in [-0.05, 0) is 17.2 Å². The van der Waals surface area contributed by atoms with Crippen molar-refractivity contribution < 1.29 is 0 Å². The number of aromatic nitrogens is 2. The van der Waals surface area contributed by atoms with Crippen LogP contribution in [0.15, 0.2) is 85.2 Å². The van der Waals surface area contributed by atoms with Crippen molar-refractivity contribution in [2.24, 2.45) is 0 Å². The fourth-order valence-electron chi connectivity index (χ4n) is 2.21. The molecule has 0 bridgehead atoms. The topological polar surface area (TPSA) is 17.8 Å². The summed E-state index contributed by atoms with van der Waals surface area (Å²) in [5.74, 6) is 0. The average molecular weight is 260 g/mol. The van der Waals surface area contributed by atoms with Gasteiger partial charge in [0.15, 0.2) is 0 Å². The first-order chi connectivity index (χ1) is 9.93. The summed E-state index contributed by atoms with van der Waals surface area (Å²) in [6.07, 6.45) is 8.12. The summed E-state index contributed by atoms with van der Waals surface area (Å²) in [5.41, 5.74) is 2.42. The largest absolute Gasteiger partial charge is 0.261 e. The van der Waals surface area contributed by atoms with Crippen LogP contribution in [0.4, 0.5) is 0 Å². The fraction of sp³-hybridized carbons (Fsp3) is 0.0556. The van der Waals surface area contributed by atoms with Crippen molar-refractivity contribution in [3.8, 4) is 0 Å². The van der Waals surface area contributed by atoms with Gasteiger partial charge in [0.1, 0.15) is 0 Å². The average Bonchev–Trinajstić information content (AvgIpc) is 3.04. The highest BCUT2D eigenvalue weighted by Gasteiger charge is 2.09. The van der Waals surface area contributed by atoms with E-state index in [2.05, 4.69) is 53.6 Å². The van der Waals surface area contributed by atoms with Crippen LogP contribution in [0.2, 0.25) is 0 Å². The van der Waals surface area contributed by atoms with Crippen LogP contribution in [-0.2, 0) is 0 Å². The molecule has 2 aromatic carbocycles. The molecule has 1 aromatic heterocycles. The van der Waals surface area contributed by atoms with Gasteiger partial charge in [0.25, 0.3) is 0 Å². The van der Waals surface area contributed by atoms with Gasteiger partial charge in [-0.3, -0.25) is 4.68 Å². The van der Waals surface area contributed by atoms with E-state index in [1.54, 1.807) is 0 Å². The Morgan fingerprint density at radius 1 is 0.850 bits per heavy atom. The first-order valence-electron chi connectivity index (χ1n) is 6.71. The van der Waals surface area contributed by atoms with E-state index in [0.29, 0.717) is 0 Å². The van der Waals surface area contributed by atoms with Crippen LogP contribution >= 0.6 is 0 Å². The van der Waals surface area contributed by atoms with Gasteiger partial charge in [-0.1, -0.05) is 72.8 Å². The third-order valence-electron chi connectivity index (χ3n) is 3.22. The van der Waals surface area contributed by atoms with Crippen molar-refractivity contribution in [1.29, 1.82) is 0 Å². The van der Waals surface area contributed by atoms with Gasteiger partial charge in [-0.25, -0.2) is 0 Å². The second-order valence-corrected chi connectivity index (χ2v) is 4.61. The van der Waals surface area contributed by atoms with Crippen molar-refractivity contribution in [3.63, 3.8) is 0 Å². The summed E-state index contributed by atoms with van der Waals surface area (Å²) in [7, 11) is 0. The molecule has 0 fully saturated rings. The molecule has 1 heterocycles. The van der Waals surface area contributed by atoms with E-state index < -0.39 is 0 Å². The molecular formula is C18H16N2. The molecule has 1 unspecified atom stereocenters. The molecule has 0 N–H and O–H groups in total. The van der Waals surface area contributed by atoms with E-state index in [-0.39, 0.29) is 6.04 Å². The third kappa shape index (κ3) is 2.86. The molecule has 0 amide bonds. The van der Waals surface area contributed by atoms with Gasteiger partial charge >= 0.3 is 0 Å². The quantitative estimate of drug-likeness (QED) is 0.688. The lowest BCUT2D eigenvalue weighted by Gasteiger charge is -2.14. The van der Waals surface area contributed by atoms with Crippen molar-refractivity contribution >= 4 is 6.08 Å². The molecule has 98 valence electrons. The molecule has 3 rings (SSSR count). The van der Waals surface area contributed by atoms with Gasteiger partial charge in [-0.15, -0.1) is 0 Å². The molecule has 3 aromatic rings. The Morgan fingerprint density at radius 2 is 1.55 bits per heavy atom. The molecule has 1 atom stereocenters. The summed E-state index contributed by atoms with van der Waals surface area (Å²) >= 11 is 0. The SMILES string of the molecule is C(=C\C(c1ccccc1)n1cccn1)/c1ccccc1. The van der Waals surface area contributed by atoms with Gasteiger partial charge < -0.3 is 0 Å². The number of hydrogen-bond donors (Lipinski definition) is 0. The molecule has 2 nitrogen and oxygen atoms in total. The van der Waals surface area contributed by atoms with Crippen molar-refractivity contribution in [2.75, 3.05) is 0 Å². The van der Waals surface area contributed by atoms with Gasteiger partial charge in [0.2, 0.25) is 0 Å². The van der Waals surface area contributed by atoms with Crippen LogP contribution in [0.5, 0.6) is 0 Å². The molecule has 0 saturated heterocycles. The smallest absolute Gasteiger partial charge is 0.0952 e. The van der Waals surface area contributed by atoms with E-state index in [0.717, 1.165) is 0 Å². The Balaban J connectivity index is 1.93. The van der Waals surface area contributed by atoms with Crippen LogP contribution < -0.4 is 0 Å². The lowest BCUT2D eigenvalue weighted by molar-refractivity contribution is 0.613. The lowest BCUT2D eigenvalue weighted by atomic mass is 10.1. The van der Waals surface area contributed by atoms with E-state index in [9.17, 15) is 0 Å². The van der Waals surface area contributed by atoms with Gasteiger partial charge in [-0.2, -0.15) is 5.10 Å². The summed E-state index contributed by atoms with van der Waals surface area (Å²) in [5, 5.41) is 4.37. The Hall–Kier alpha value is -2.61. The Labute approximate surface area is 119 Å². The van der Waals surface area contributed by atoms with Gasteiger partial charge in [0, 0.05) is 12.4 Å². The van der Waals surface area contributed by atoms with E-state index in [4.69, 9.17) is 0 Å². The lowest BCUT2D eigenvalue weighted by Crippen LogP contribution is -2.08. The normalized spacial score (nSPS) is 12.6. The highest BCUT2D eigenvalue weighted by Crippen LogP contribution is 2.20. The number of allylic oxidation sites excluding steroid dienone is 1. The number of hydrogen-bond acceptors (Lipinski definition) is 1. The second kappa shape index (κ2) is 6.02. The van der Waals surface area contributed by atoms with Crippen molar-refractivity contribution in [3.05, 3.63) is 96.3 Å². The molecule has 0 aliphatic heterocycles. The Kier molecular flexibility index (Phi) is 3.74. The zero-order valence-electron chi connectivity index (χ0n) is 11.1. The van der Waals surface area contributed by atoms with Gasteiger partial charge in [0.05, 0.1) is 6.04 Å². The molecule has 20 heavy (non-hydrogen) atoms. The minimum absolute atomic E-state index is 0.117. The predicted octanol–water partition coefficient (Wildman–Crippen LogP) is 4.19. The molecule has 0 aliphatic rings. The van der Waals surface area contributed by atoms with Crippen LogP contribution in [0.25, 0.3) is 6.08 Å². The molecule has 0 saturated carbocycles. The Morgan fingerprint density at radius 3 is 2.20 bits per heavy atom. The summed E-state index contributed by atoms with van der Waals surface area (Å²) in [6.45, 7) is 0. The summed E-state index contributed by atoms with van der Waals surface area (Å²) in [4.78, 5) is 0. The van der Waals surface area contributed by atoms with E-state index in [1.807, 2.05) is 47.4 Å². The zero-order chi connectivity index (χ0) is 13.6. The zero-order valence-corrected chi connectivity index (χ0v) is 11.1. The molecular weight excluding hydrogens is 244 g/mol. The first-order valence-corrected chi connectivity index (χ1v) is 6.71. The maximum absolute atomic E-state index is 4.37. The summed E-state index contributed by atoms with van der Waals surface area (Å²) < 4.78 is 1.97. The number of rotatable bonds is 4. The van der Waals surface area contributed by atoms with E-state index >= 15 is 0 Å². The first kappa shape index (κ1) is 12.4. The van der Waals surface area contributed by atoms with Crippen LogP contribution in [0.3, 0.4) is 0 Å².